The summed E-state index contributed by atoms with van der Waals surface area (Å²) >= 11 is 0. The number of hydrogen-bond donors (Lipinski definition) is 1. The summed E-state index contributed by atoms with van der Waals surface area (Å²) in [4.78, 5) is 23.3. The smallest absolute Gasteiger partial charge is 0.416 e. The van der Waals surface area contributed by atoms with E-state index in [0.717, 1.165) is 12.1 Å². The van der Waals surface area contributed by atoms with Crippen LogP contribution in [0.5, 0.6) is 0 Å². The number of hydrogen-bond acceptors (Lipinski definition) is 5. The van der Waals surface area contributed by atoms with Gasteiger partial charge in [0.2, 0.25) is 11.7 Å². The summed E-state index contributed by atoms with van der Waals surface area (Å²) in [6.07, 6.45) is -4.44. The van der Waals surface area contributed by atoms with Gasteiger partial charge in [-0.1, -0.05) is 0 Å². The normalized spacial score (nSPS) is 14.8. The maximum Gasteiger partial charge on any atom is 0.416 e. The molecule has 0 atom stereocenters. The Hall–Kier alpha value is -2.51. The first-order valence-electron chi connectivity index (χ1n) is 6.34. The van der Waals surface area contributed by atoms with Crippen LogP contribution in [0.15, 0.2) is 35.7 Å². The van der Waals surface area contributed by atoms with Crippen LogP contribution in [-0.2, 0) is 25.2 Å². The van der Waals surface area contributed by atoms with Crippen LogP contribution in [-0.4, -0.2) is 25.0 Å². The summed E-state index contributed by atoms with van der Waals surface area (Å²) in [5, 5.41) is 2.61. The molecule has 0 fully saturated rings. The van der Waals surface area contributed by atoms with Crippen LogP contribution in [0.1, 0.15) is 12.5 Å². The third-order valence-corrected chi connectivity index (χ3v) is 2.80. The molecule has 1 aliphatic heterocycles. The van der Waals surface area contributed by atoms with Crippen molar-refractivity contribution in [3.8, 4) is 0 Å². The zero-order valence-corrected chi connectivity index (χ0v) is 11.5. The van der Waals surface area contributed by atoms with Crippen molar-refractivity contribution in [3.05, 3.63) is 41.3 Å². The number of nitrogens with one attached hydrogen (secondary N) is 1. The van der Waals surface area contributed by atoms with Gasteiger partial charge >= 0.3 is 12.1 Å². The van der Waals surface area contributed by atoms with Gasteiger partial charge in [0.15, 0.2) is 12.2 Å². The number of carbonyl (C=O) groups excluding carboxylic acids is 2. The number of benzene rings is 1. The minimum Gasteiger partial charge on any atom is -0.470 e. The van der Waals surface area contributed by atoms with Gasteiger partial charge in [0.1, 0.15) is 0 Å². The van der Waals surface area contributed by atoms with Crippen LogP contribution < -0.4 is 5.32 Å². The van der Waals surface area contributed by atoms with Crippen LogP contribution >= 0.6 is 0 Å². The molecule has 0 saturated carbocycles. The van der Waals surface area contributed by atoms with Crippen molar-refractivity contribution in [2.45, 2.75) is 13.1 Å². The number of anilines is 1. The average Bonchev–Trinajstić information content (AvgIpc) is 2.79. The van der Waals surface area contributed by atoms with Crippen LogP contribution in [0, 0.1) is 0 Å². The Balaban J connectivity index is 2.21. The van der Waals surface area contributed by atoms with E-state index in [1.165, 1.54) is 12.1 Å². The van der Waals surface area contributed by atoms with Gasteiger partial charge < -0.3 is 14.8 Å². The minimum absolute atomic E-state index is 0.0865. The number of alkyl halides is 3. The van der Waals surface area contributed by atoms with Crippen molar-refractivity contribution in [2.24, 2.45) is 0 Å². The summed E-state index contributed by atoms with van der Waals surface area (Å²) in [5.41, 5.74) is -0.831. The van der Waals surface area contributed by atoms with Crippen LogP contribution in [0.4, 0.5) is 18.9 Å². The third kappa shape index (κ3) is 3.38. The topological polar surface area (TPSA) is 64.6 Å². The van der Waals surface area contributed by atoms with Crippen molar-refractivity contribution in [1.29, 1.82) is 0 Å². The third-order valence-electron chi connectivity index (χ3n) is 2.80. The van der Waals surface area contributed by atoms with E-state index in [1.54, 1.807) is 6.92 Å². The molecule has 0 amide bonds. The highest BCUT2D eigenvalue weighted by Gasteiger charge is 2.33. The fourth-order valence-corrected chi connectivity index (χ4v) is 1.79. The summed E-state index contributed by atoms with van der Waals surface area (Å²) < 4.78 is 47.2. The predicted molar refractivity (Wildman–Crippen MR) is 69.7 cm³/mol. The number of ether oxygens (including phenoxy) is 2. The molecule has 0 spiro atoms. The average molecular weight is 315 g/mol. The highest BCUT2D eigenvalue weighted by atomic mass is 19.4. The quantitative estimate of drug-likeness (QED) is 0.683. The summed E-state index contributed by atoms with van der Waals surface area (Å²) in [6, 6.07) is 4.10. The van der Waals surface area contributed by atoms with Gasteiger partial charge in [-0.3, -0.25) is 4.79 Å². The van der Waals surface area contributed by atoms with Crippen molar-refractivity contribution < 1.29 is 32.2 Å². The van der Waals surface area contributed by atoms with Crippen LogP contribution in [0.3, 0.4) is 0 Å². The van der Waals surface area contributed by atoms with E-state index in [4.69, 9.17) is 9.47 Å². The maximum atomic E-state index is 12.5. The van der Waals surface area contributed by atoms with E-state index < -0.39 is 23.5 Å². The van der Waals surface area contributed by atoms with Crippen LogP contribution in [0.25, 0.3) is 0 Å². The number of rotatable bonds is 4. The van der Waals surface area contributed by atoms with Crippen molar-refractivity contribution in [3.63, 3.8) is 0 Å². The summed E-state index contributed by atoms with van der Waals surface area (Å²) in [6.45, 7) is 1.35. The minimum atomic E-state index is -4.44. The largest absolute Gasteiger partial charge is 0.470 e. The van der Waals surface area contributed by atoms with Gasteiger partial charge in [0.05, 0.1) is 12.2 Å². The van der Waals surface area contributed by atoms with E-state index in [2.05, 4.69) is 5.32 Å². The second-order valence-corrected chi connectivity index (χ2v) is 4.34. The summed E-state index contributed by atoms with van der Waals surface area (Å²) in [7, 11) is 0. The highest BCUT2D eigenvalue weighted by Crippen LogP contribution is 2.30. The zero-order chi connectivity index (χ0) is 16.3. The molecule has 2 rings (SSSR count). The first-order valence-corrected chi connectivity index (χ1v) is 6.34. The van der Waals surface area contributed by atoms with E-state index in [1.807, 2.05) is 0 Å². The SMILES string of the molecule is CCOC(=O)C1=C(Nc2ccc(C(F)(F)F)cc2)OCC1=O. The molecule has 0 bridgehead atoms. The molecule has 5 nitrogen and oxygen atoms in total. The number of esters is 1. The first kappa shape index (κ1) is 15.9. The van der Waals surface area contributed by atoms with Gasteiger partial charge in [0.25, 0.3) is 0 Å². The van der Waals surface area contributed by atoms with Gasteiger partial charge in [-0.25, -0.2) is 4.79 Å². The number of carbonyl (C=O) groups is 2. The number of ketones is 1. The van der Waals surface area contributed by atoms with Gasteiger partial charge in [-0.2, -0.15) is 13.2 Å². The molecule has 8 heteroatoms. The highest BCUT2D eigenvalue weighted by molar-refractivity contribution is 6.19. The standard InChI is InChI=1S/C14H12F3NO4/c1-2-21-13(20)11-10(19)7-22-12(11)18-9-5-3-8(4-6-9)14(15,16)17/h3-6,18H,2,7H2,1H3. The molecular formula is C14H12F3NO4. The van der Waals surface area contributed by atoms with Gasteiger partial charge in [0, 0.05) is 5.69 Å². The lowest BCUT2D eigenvalue weighted by molar-refractivity contribution is -0.140. The van der Waals surface area contributed by atoms with Crippen LogP contribution in [0.2, 0.25) is 0 Å². The number of Topliss-reactive ketones (excluding diaryl/α,β-unsaturated/α-hetero) is 1. The lowest BCUT2D eigenvalue weighted by Gasteiger charge is -2.10. The van der Waals surface area contributed by atoms with Crippen molar-refractivity contribution >= 4 is 17.4 Å². The lowest BCUT2D eigenvalue weighted by atomic mass is 10.2. The Morgan fingerprint density at radius 2 is 1.95 bits per heavy atom. The fraction of sp³-hybridized carbons (Fsp3) is 0.286. The lowest BCUT2D eigenvalue weighted by Crippen LogP contribution is -2.16. The Morgan fingerprint density at radius 3 is 2.50 bits per heavy atom. The van der Waals surface area contributed by atoms with E-state index in [9.17, 15) is 22.8 Å². The molecule has 0 radical (unpaired) electrons. The molecular weight excluding hydrogens is 303 g/mol. The van der Waals surface area contributed by atoms with Gasteiger partial charge in [-0.05, 0) is 31.2 Å². The molecule has 0 aromatic heterocycles. The second kappa shape index (κ2) is 6.08. The Morgan fingerprint density at radius 1 is 1.32 bits per heavy atom. The van der Waals surface area contributed by atoms with Crippen molar-refractivity contribution in [1.82, 2.24) is 0 Å². The molecule has 0 aliphatic carbocycles. The molecule has 0 saturated heterocycles. The Labute approximate surface area is 123 Å². The maximum absolute atomic E-state index is 12.5. The van der Waals surface area contributed by atoms with Gasteiger partial charge in [-0.15, -0.1) is 0 Å². The Kier molecular flexibility index (Phi) is 4.39. The first-order chi connectivity index (χ1) is 10.3. The molecule has 1 aromatic carbocycles. The molecule has 22 heavy (non-hydrogen) atoms. The molecule has 1 aliphatic rings. The Bertz CT molecular complexity index is 620. The second-order valence-electron chi connectivity index (χ2n) is 4.34. The van der Waals surface area contributed by atoms with E-state index in [-0.39, 0.29) is 30.4 Å². The van der Waals surface area contributed by atoms with E-state index in [0.29, 0.717) is 0 Å². The van der Waals surface area contributed by atoms with Crippen molar-refractivity contribution in [2.75, 3.05) is 18.5 Å². The molecule has 0 unspecified atom stereocenters. The predicted octanol–water partition coefficient (Wildman–Crippen LogP) is 2.49. The molecule has 1 heterocycles. The summed E-state index contributed by atoms with van der Waals surface area (Å²) in [5.74, 6) is -1.50. The zero-order valence-electron chi connectivity index (χ0n) is 11.5. The molecule has 1 aromatic rings. The monoisotopic (exact) mass is 315 g/mol. The fourth-order valence-electron chi connectivity index (χ4n) is 1.79. The van der Waals surface area contributed by atoms with E-state index >= 15 is 0 Å². The molecule has 1 N–H and O–H groups in total. The molecule has 118 valence electrons. The number of halogens is 3.